The molecule has 0 bridgehead atoms. The quantitative estimate of drug-likeness (QED) is 0.879. The number of piperazine rings is 1. The smallest absolute Gasteiger partial charge is 0.243 e. The van der Waals surface area contributed by atoms with E-state index in [1.54, 1.807) is 16.4 Å². The summed E-state index contributed by atoms with van der Waals surface area (Å²) in [5.41, 5.74) is 2.13. The molecule has 0 aliphatic carbocycles. The van der Waals surface area contributed by atoms with Crippen molar-refractivity contribution in [1.29, 1.82) is 0 Å². The molecule has 5 heteroatoms. The Balaban J connectivity index is 2.37. The Bertz CT molecular complexity index is 540. The molecule has 0 saturated carbocycles. The van der Waals surface area contributed by atoms with Gasteiger partial charge in [0.15, 0.2) is 0 Å². The van der Waals surface area contributed by atoms with Crippen LogP contribution in [-0.2, 0) is 10.0 Å². The number of rotatable bonds is 2. The van der Waals surface area contributed by atoms with Crippen molar-refractivity contribution in [2.24, 2.45) is 0 Å². The van der Waals surface area contributed by atoms with Crippen molar-refractivity contribution < 1.29 is 8.42 Å². The summed E-state index contributed by atoms with van der Waals surface area (Å²) in [6, 6.07) is 5.34. The Labute approximate surface area is 109 Å². The average molecular weight is 268 g/mol. The number of nitrogens with zero attached hydrogens (tertiary/aromatic N) is 1. The first-order valence-corrected chi connectivity index (χ1v) is 7.67. The lowest BCUT2D eigenvalue weighted by atomic mass is 10.1. The maximum absolute atomic E-state index is 12.6. The van der Waals surface area contributed by atoms with Crippen LogP contribution in [0.5, 0.6) is 0 Å². The zero-order chi connectivity index (χ0) is 13.3. The first kappa shape index (κ1) is 13.5. The summed E-state index contributed by atoms with van der Waals surface area (Å²) in [5, 5.41) is 3.20. The van der Waals surface area contributed by atoms with Gasteiger partial charge in [0, 0.05) is 25.7 Å². The first-order valence-electron chi connectivity index (χ1n) is 6.23. The Morgan fingerprint density at radius 2 is 2.00 bits per heavy atom. The third-order valence-corrected chi connectivity index (χ3v) is 5.53. The molecule has 1 atom stereocenters. The molecule has 1 heterocycles. The molecule has 1 fully saturated rings. The van der Waals surface area contributed by atoms with Crippen LogP contribution in [0.2, 0.25) is 0 Å². The first-order chi connectivity index (χ1) is 8.43. The van der Waals surface area contributed by atoms with Crippen molar-refractivity contribution in [2.75, 3.05) is 19.6 Å². The summed E-state index contributed by atoms with van der Waals surface area (Å²) in [4.78, 5) is 0.402. The van der Waals surface area contributed by atoms with Crippen LogP contribution in [0.25, 0.3) is 0 Å². The number of nitrogens with one attached hydrogen (secondary N) is 1. The molecule has 1 aliphatic rings. The van der Waals surface area contributed by atoms with E-state index >= 15 is 0 Å². The zero-order valence-electron chi connectivity index (χ0n) is 11.1. The second-order valence-electron chi connectivity index (χ2n) is 4.91. The third-order valence-electron chi connectivity index (χ3n) is 3.53. The lowest BCUT2D eigenvalue weighted by Gasteiger charge is -2.32. The fourth-order valence-electron chi connectivity index (χ4n) is 2.19. The van der Waals surface area contributed by atoms with E-state index in [0.717, 1.165) is 11.1 Å². The van der Waals surface area contributed by atoms with Crippen molar-refractivity contribution in [2.45, 2.75) is 31.7 Å². The molecule has 1 saturated heterocycles. The summed E-state index contributed by atoms with van der Waals surface area (Å²) < 4.78 is 26.7. The van der Waals surface area contributed by atoms with E-state index in [9.17, 15) is 8.42 Å². The van der Waals surface area contributed by atoms with E-state index in [2.05, 4.69) is 5.32 Å². The highest BCUT2D eigenvalue weighted by atomic mass is 32.2. The lowest BCUT2D eigenvalue weighted by molar-refractivity contribution is 0.284. The number of sulfonamides is 1. The fourth-order valence-corrected chi connectivity index (χ4v) is 3.91. The van der Waals surface area contributed by atoms with Crippen LogP contribution in [0.3, 0.4) is 0 Å². The van der Waals surface area contributed by atoms with Gasteiger partial charge in [0.2, 0.25) is 10.0 Å². The van der Waals surface area contributed by atoms with Gasteiger partial charge in [-0.1, -0.05) is 6.07 Å². The SMILES string of the molecule is Cc1ccc(S(=O)(=O)N2CCNC[C@@H]2C)cc1C. The van der Waals surface area contributed by atoms with Crippen LogP contribution < -0.4 is 5.32 Å². The molecule has 1 aromatic rings. The molecule has 0 amide bonds. The monoisotopic (exact) mass is 268 g/mol. The molecule has 18 heavy (non-hydrogen) atoms. The van der Waals surface area contributed by atoms with Crippen LogP contribution in [0, 0.1) is 13.8 Å². The average Bonchev–Trinajstić information content (AvgIpc) is 2.33. The molecule has 0 radical (unpaired) electrons. The maximum Gasteiger partial charge on any atom is 0.243 e. The maximum atomic E-state index is 12.6. The molecule has 0 spiro atoms. The third kappa shape index (κ3) is 2.43. The van der Waals surface area contributed by atoms with Crippen molar-refractivity contribution in [3.8, 4) is 0 Å². The van der Waals surface area contributed by atoms with Gasteiger partial charge in [-0.05, 0) is 44.0 Å². The number of hydrogen-bond acceptors (Lipinski definition) is 3. The van der Waals surface area contributed by atoms with Gasteiger partial charge in [-0.25, -0.2) is 8.42 Å². The van der Waals surface area contributed by atoms with E-state index in [0.29, 0.717) is 24.5 Å². The van der Waals surface area contributed by atoms with Gasteiger partial charge in [-0.15, -0.1) is 0 Å². The standard InChI is InChI=1S/C13H20N2O2S/c1-10-4-5-13(8-11(10)2)18(16,17)15-7-6-14-9-12(15)3/h4-5,8,12,14H,6-7,9H2,1-3H3/t12-/m0/s1. The molecule has 1 N–H and O–H groups in total. The van der Waals surface area contributed by atoms with Gasteiger partial charge in [-0.3, -0.25) is 0 Å². The van der Waals surface area contributed by atoms with Crippen molar-refractivity contribution in [3.05, 3.63) is 29.3 Å². The van der Waals surface area contributed by atoms with Crippen LogP contribution in [-0.4, -0.2) is 38.4 Å². The predicted molar refractivity (Wildman–Crippen MR) is 72.1 cm³/mol. The van der Waals surface area contributed by atoms with Crippen LogP contribution in [0.4, 0.5) is 0 Å². The second-order valence-corrected chi connectivity index (χ2v) is 6.81. The van der Waals surface area contributed by atoms with E-state index in [1.165, 1.54) is 0 Å². The lowest BCUT2D eigenvalue weighted by Crippen LogP contribution is -2.52. The van der Waals surface area contributed by atoms with Crippen LogP contribution in [0.1, 0.15) is 18.1 Å². The molecule has 0 aromatic heterocycles. The van der Waals surface area contributed by atoms with E-state index in [-0.39, 0.29) is 6.04 Å². The summed E-state index contributed by atoms with van der Waals surface area (Å²) in [7, 11) is -3.36. The van der Waals surface area contributed by atoms with E-state index in [4.69, 9.17) is 0 Å². The Hall–Kier alpha value is -0.910. The summed E-state index contributed by atoms with van der Waals surface area (Å²) >= 11 is 0. The van der Waals surface area contributed by atoms with Gasteiger partial charge in [0.1, 0.15) is 0 Å². The Morgan fingerprint density at radius 3 is 2.61 bits per heavy atom. The van der Waals surface area contributed by atoms with Crippen molar-refractivity contribution in [1.82, 2.24) is 9.62 Å². The van der Waals surface area contributed by atoms with Crippen LogP contribution >= 0.6 is 0 Å². The summed E-state index contributed by atoms with van der Waals surface area (Å²) in [6.45, 7) is 7.83. The fraction of sp³-hybridized carbons (Fsp3) is 0.538. The normalized spacial score (nSPS) is 22.1. The zero-order valence-corrected chi connectivity index (χ0v) is 11.9. The number of benzene rings is 1. The number of hydrogen-bond donors (Lipinski definition) is 1. The summed E-state index contributed by atoms with van der Waals surface area (Å²) in [5.74, 6) is 0. The Morgan fingerprint density at radius 1 is 1.28 bits per heavy atom. The molecular weight excluding hydrogens is 248 g/mol. The minimum Gasteiger partial charge on any atom is -0.314 e. The minimum atomic E-state index is -3.36. The van der Waals surface area contributed by atoms with Gasteiger partial charge in [-0.2, -0.15) is 4.31 Å². The molecule has 1 aliphatic heterocycles. The second kappa shape index (κ2) is 4.99. The predicted octanol–water partition coefficient (Wildman–Crippen LogP) is 1.29. The van der Waals surface area contributed by atoms with Crippen molar-refractivity contribution >= 4 is 10.0 Å². The summed E-state index contributed by atoms with van der Waals surface area (Å²) in [6.07, 6.45) is 0. The molecule has 4 nitrogen and oxygen atoms in total. The largest absolute Gasteiger partial charge is 0.314 e. The van der Waals surface area contributed by atoms with Gasteiger partial charge in [0.05, 0.1) is 4.90 Å². The van der Waals surface area contributed by atoms with Crippen LogP contribution in [0.15, 0.2) is 23.1 Å². The van der Waals surface area contributed by atoms with E-state index in [1.807, 2.05) is 26.8 Å². The molecule has 2 rings (SSSR count). The highest BCUT2D eigenvalue weighted by molar-refractivity contribution is 7.89. The molecule has 100 valence electrons. The Kier molecular flexibility index (Phi) is 3.75. The van der Waals surface area contributed by atoms with E-state index < -0.39 is 10.0 Å². The number of aryl methyl sites for hydroxylation is 2. The van der Waals surface area contributed by atoms with Crippen molar-refractivity contribution in [3.63, 3.8) is 0 Å². The van der Waals surface area contributed by atoms with Gasteiger partial charge >= 0.3 is 0 Å². The van der Waals surface area contributed by atoms with Gasteiger partial charge < -0.3 is 5.32 Å². The van der Waals surface area contributed by atoms with Gasteiger partial charge in [0.25, 0.3) is 0 Å². The minimum absolute atomic E-state index is 0.00496. The molecular formula is C13H20N2O2S. The molecule has 0 unspecified atom stereocenters. The highest BCUT2D eigenvalue weighted by Crippen LogP contribution is 2.21. The molecule has 1 aromatic carbocycles. The highest BCUT2D eigenvalue weighted by Gasteiger charge is 2.30. The topological polar surface area (TPSA) is 49.4 Å².